The van der Waals surface area contributed by atoms with Gasteiger partial charge in [-0.2, -0.15) is 0 Å². The number of aryl methyl sites for hydroxylation is 1. The molecule has 320 valence electrons. The van der Waals surface area contributed by atoms with E-state index in [1.165, 1.54) is 12.1 Å². The Bertz CT molecular complexity index is 2590. The molecule has 3 saturated heterocycles. The molecule has 8 rings (SSSR count). The lowest BCUT2D eigenvalue weighted by Crippen LogP contribution is -2.38. The van der Waals surface area contributed by atoms with E-state index in [4.69, 9.17) is 38.0 Å². The third-order valence-electron chi connectivity index (χ3n) is 9.42. The first-order chi connectivity index (χ1) is 28.2. The Morgan fingerprint density at radius 1 is 0.933 bits per heavy atom. The number of anilines is 1. The number of carbonyl (C=O) groups is 1. The lowest BCUT2D eigenvalue weighted by Gasteiger charge is -2.30. The number of rotatable bonds is 7. The van der Waals surface area contributed by atoms with Crippen LogP contribution in [0, 0.1) is 6.92 Å². The van der Waals surface area contributed by atoms with Crippen LogP contribution in [0.1, 0.15) is 33.9 Å². The Kier molecular flexibility index (Phi) is 12.5. The third kappa shape index (κ3) is 8.99. The van der Waals surface area contributed by atoms with Crippen molar-refractivity contribution in [1.82, 2.24) is 35.2 Å². The van der Waals surface area contributed by atoms with Crippen molar-refractivity contribution in [3.63, 3.8) is 0 Å². The number of benzene rings is 2. The fourth-order valence-corrected chi connectivity index (χ4v) is 10.7. The fourth-order valence-electron chi connectivity index (χ4n) is 6.43. The van der Waals surface area contributed by atoms with Gasteiger partial charge in [-0.25, -0.2) is 37.9 Å². The molecule has 3 fully saturated rings. The van der Waals surface area contributed by atoms with Crippen LogP contribution < -0.4 is 32.8 Å². The summed E-state index contributed by atoms with van der Waals surface area (Å²) in [6, 6.07) is 13.8. The molecule has 6 heterocycles. The fraction of sp³-hybridized carbons (Fsp3) is 0.353. The molecule has 2 aromatic carbocycles. The highest BCUT2D eigenvalue weighted by molar-refractivity contribution is 8.54. The van der Waals surface area contributed by atoms with Gasteiger partial charge in [0.05, 0.1) is 25.1 Å². The van der Waals surface area contributed by atoms with E-state index < -0.39 is 94.3 Å². The first-order valence-electron chi connectivity index (χ1n) is 17.6. The van der Waals surface area contributed by atoms with Crippen LogP contribution >= 0.6 is 26.0 Å². The smallest absolute Gasteiger partial charge is 0.390 e. The van der Waals surface area contributed by atoms with Crippen LogP contribution in [0.25, 0.3) is 11.2 Å². The molecule has 5 aromatic rings. The lowest BCUT2D eigenvalue weighted by molar-refractivity contribution is -0.236. The number of fused-ring (bicyclic) bond motifs is 5. The summed E-state index contributed by atoms with van der Waals surface area (Å²) in [6.07, 6.45) is -12.2. The Morgan fingerprint density at radius 2 is 1.58 bits per heavy atom. The molecule has 0 aliphatic carbocycles. The molecular weight excluding hydrogens is 860 g/mol. The number of hydrogen-bond acceptors (Lipinski definition) is 18. The number of quaternary nitrogens is 1. The first kappa shape index (κ1) is 43.4. The molecule has 1 unspecified atom stereocenters. The lowest BCUT2D eigenvalue weighted by atomic mass is 10.1. The number of alkyl halides is 2. The average molecular weight is 897 g/mol. The number of phosphoric acid groups is 1. The molecule has 3 aliphatic heterocycles. The molecule has 0 radical (unpaired) electrons. The van der Waals surface area contributed by atoms with E-state index in [1.54, 1.807) is 36.4 Å². The first-order valence-corrected chi connectivity index (χ1v) is 22.2. The molecule has 7 N–H and O–H groups in total. The number of nitrogens with two attached hydrogens (primary N) is 1. The number of aromatic amines is 1. The summed E-state index contributed by atoms with van der Waals surface area (Å²) in [5, 5.41) is 0. The summed E-state index contributed by atoms with van der Waals surface area (Å²) in [6.45, 7) is -4.76. The van der Waals surface area contributed by atoms with Crippen molar-refractivity contribution < 1.29 is 59.9 Å². The van der Waals surface area contributed by atoms with Crippen molar-refractivity contribution in [3.05, 3.63) is 111 Å². The SMILES string of the molecule is Cc1ccc(C(=O)Oc2ccc(CS[P@]3(=O)OC[C@H]4O[C@@H](n5cnc6c(N)ncnc65)[C@H](OP(=O)([O-])OC[C@H]5O[C@@H](n6ccc(=O)[nH]c6=O)[C@H](O3)[C@@H]5F)[C@@H]4F)cc2)cc1.[NH4+]. The minimum atomic E-state index is -5.51. The van der Waals surface area contributed by atoms with E-state index in [0.29, 0.717) is 22.5 Å². The van der Waals surface area contributed by atoms with Gasteiger partial charge >= 0.3 is 18.5 Å². The van der Waals surface area contributed by atoms with Gasteiger partial charge in [-0.3, -0.25) is 32.5 Å². The minimum Gasteiger partial charge on any atom is -0.756 e. The predicted molar refractivity (Wildman–Crippen MR) is 205 cm³/mol. The van der Waals surface area contributed by atoms with E-state index in [9.17, 15) is 28.4 Å². The predicted octanol–water partition coefficient (Wildman–Crippen LogP) is 3.66. The van der Waals surface area contributed by atoms with E-state index in [1.807, 2.05) is 11.9 Å². The van der Waals surface area contributed by atoms with Gasteiger partial charge in [0.1, 0.15) is 42.0 Å². The molecule has 3 aliphatic rings. The minimum absolute atomic E-state index is 0. The zero-order chi connectivity index (χ0) is 41.6. The van der Waals surface area contributed by atoms with Crippen LogP contribution in [-0.2, 0) is 42.5 Å². The molecule has 3 aromatic heterocycles. The van der Waals surface area contributed by atoms with Gasteiger partial charge in [0.2, 0.25) is 0 Å². The highest BCUT2D eigenvalue weighted by Crippen LogP contribution is 2.65. The van der Waals surface area contributed by atoms with Gasteiger partial charge in [0.25, 0.3) is 13.4 Å². The van der Waals surface area contributed by atoms with Gasteiger partial charge in [-0.05, 0) is 48.1 Å². The number of nitrogens with zero attached hydrogens (tertiary/aromatic N) is 5. The number of H-pyrrole nitrogens is 1. The van der Waals surface area contributed by atoms with Crippen LogP contribution in [0.2, 0.25) is 0 Å². The number of ether oxygens (including phenoxy) is 3. The number of nitrogens with one attached hydrogen (secondary N) is 1. The van der Waals surface area contributed by atoms with Gasteiger partial charge in [-0.1, -0.05) is 29.8 Å². The van der Waals surface area contributed by atoms with Crippen molar-refractivity contribution in [2.24, 2.45) is 0 Å². The second-order valence-corrected chi connectivity index (χ2v) is 18.8. The van der Waals surface area contributed by atoms with E-state index in [-0.39, 0.29) is 34.6 Å². The van der Waals surface area contributed by atoms with E-state index in [0.717, 1.165) is 39.6 Å². The molecule has 60 heavy (non-hydrogen) atoms. The summed E-state index contributed by atoms with van der Waals surface area (Å²) >= 11 is 0.558. The Balaban J connectivity index is 0.00000544. The number of nitrogen functional groups attached to an aromatic ring is 1. The van der Waals surface area contributed by atoms with Crippen LogP contribution in [0.5, 0.6) is 5.75 Å². The second kappa shape index (κ2) is 17.3. The van der Waals surface area contributed by atoms with Gasteiger partial charge < -0.3 is 40.0 Å². The molecule has 0 spiro atoms. The van der Waals surface area contributed by atoms with Crippen LogP contribution in [0.3, 0.4) is 0 Å². The van der Waals surface area contributed by atoms with Crippen molar-refractivity contribution >= 4 is 49.0 Å². The maximum absolute atomic E-state index is 16.4. The van der Waals surface area contributed by atoms with Crippen LogP contribution in [0.15, 0.2) is 83.0 Å². The number of carbonyl (C=O) groups excluding carboxylic acids is 1. The summed E-state index contributed by atoms with van der Waals surface area (Å²) in [5.74, 6) is -0.564. The summed E-state index contributed by atoms with van der Waals surface area (Å²) in [7, 11) is -5.51. The van der Waals surface area contributed by atoms with Gasteiger partial charge in [0.15, 0.2) is 36.3 Å². The highest BCUT2D eigenvalue weighted by atomic mass is 32.7. The quantitative estimate of drug-likeness (QED) is 0.119. The second-order valence-electron chi connectivity index (χ2n) is 13.4. The van der Waals surface area contributed by atoms with Crippen molar-refractivity contribution in [2.75, 3.05) is 18.9 Å². The molecule has 0 amide bonds. The number of hydrogen-bond donors (Lipinski definition) is 3. The average Bonchev–Trinajstić information content (AvgIpc) is 3.86. The van der Waals surface area contributed by atoms with Crippen molar-refractivity contribution in [2.45, 2.75) is 61.9 Å². The van der Waals surface area contributed by atoms with Crippen LogP contribution in [-0.4, -0.2) is 85.0 Å². The normalized spacial score (nSPS) is 30.7. The number of aromatic nitrogens is 6. The molecule has 10 atom stereocenters. The highest BCUT2D eigenvalue weighted by Gasteiger charge is 2.54. The van der Waals surface area contributed by atoms with Crippen molar-refractivity contribution in [1.29, 1.82) is 0 Å². The summed E-state index contributed by atoms with van der Waals surface area (Å²) in [4.78, 5) is 64.6. The van der Waals surface area contributed by atoms with Gasteiger partial charge in [-0.15, -0.1) is 0 Å². The molecular formula is C34H36F2N8O13P2S. The number of halogens is 2. The maximum Gasteiger partial charge on any atom is 0.390 e. The Labute approximate surface area is 341 Å². The zero-order valence-corrected chi connectivity index (χ0v) is 34.0. The maximum atomic E-state index is 16.4. The van der Waals surface area contributed by atoms with E-state index in [2.05, 4.69) is 15.0 Å². The molecule has 21 nitrogen and oxygen atoms in total. The number of phosphoric ester groups is 1. The molecule has 26 heteroatoms. The largest absolute Gasteiger partial charge is 0.756 e. The third-order valence-corrected chi connectivity index (χ3v) is 14.0. The monoisotopic (exact) mass is 896 g/mol. The number of imidazole rings is 1. The molecule has 4 bridgehead atoms. The molecule has 0 saturated carbocycles. The zero-order valence-electron chi connectivity index (χ0n) is 31.3. The Morgan fingerprint density at radius 3 is 2.27 bits per heavy atom. The van der Waals surface area contributed by atoms with Crippen LogP contribution in [0.4, 0.5) is 14.6 Å². The van der Waals surface area contributed by atoms with Gasteiger partial charge in [0, 0.05) is 18.0 Å². The number of esters is 1. The topological polar surface area (TPSA) is 300 Å². The van der Waals surface area contributed by atoms with Crippen molar-refractivity contribution in [3.8, 4) is 5.75 Å². The Hall–Kier alpha value is -4.71. The summed E-state index contributed by atoms with van der Waals surface area (Å²) in [5.41, 5.74) is 5.95. The standard InChI is InChI=1S/C34H33F2N7O13P2S.H3N/c1-17-2-6-19(7-3-17)33(45)52-20-8-4-18(5-9-20)14-59-58(49)51-13-22-24(35)27(32(54-22)43-16-40-26-29(37)38-15-39-30(26)43)55-57(47,48)50-12-21-25(36)28(56-58)31(53-21)42-11-10-23(44)41-34(42)46;/h2-11,15-16,21-22,24-25,27-28,31-32H,12-14H2,1H3,(H,47,48)(H2,37,38,39)(H,41,44,46);1H3/t21-,22-,24-,25-,27-,28-,31-,32-,58-;/m1./s1. The van der Waals surface area contributed by atoms with E-state index >= 15 is 8.78 Å². The summed E-state index contributed by atoms with van der Waals surface area (Å²) < 4.78 is 101.